The zero-order valence-corrected chi connectivity index (χ0v) is 84.4. The van der Waals surface area contributed by atoms with Gasteiger partial charge in [-0.3, -0.25) is 57.5 Å². The number of piperidine rings is 3. The summed E-state index contributed by atoms with van der Waals surface area (Å²) in [6, 6.07) is -12.1. The Bertz CT molecular complexity index is 4480. The zero-order valence-electron chi connectivity index (χ0n) is 84.4. The molecule has 12 fully saturated rings. The second-order valence-corrected chi connectivity index (χ2v) is 47.3. The first kappa shape index (κ1) is 109. The highest BCUT2D eigenvalue weighted by Gasteiger charge is 2.73. The number of fused-ring (bicyclic) bond motifs is 3. The number of carbonyl (C=O) groups is 18. The summed E-state index contributed by atoms with van der Waals surface area (Å²) in [7, 11) is 1.21. The van der Waals surface area contributed by atoms with E-state index >= 15 is 0 Å². The molecular formula is C98H157N15O24. The van der Waals surface area contributed by atoms with Crippen molar-refractivity contribution in [2.75, 3.05) is 59.8 Å². The number of primary amides is 3. The number of Topliss-reactive ketones (excluding diaryl/α,β-unsaturated/α-hetero) is 3. The number of carbonyl (C=O) groups excluding carboxylic acids is 18. The van der Waals surface area contributed by atoms with Gasteiger partial charge in [-0.05, 0) is 173 Å². The molecule has 3 aliphatic heterocycles. The van der Waals surface area contributed by atoms with Crippen LogP contribution in [0.3, 0.4) is 0 Å². The molecule has 137 heavy (non-hydrogen) atoms. The van der Waals surface area contributed by atoms with E-state index < -0.39 is 201 Å². The summed E-state index contributed by atoms with van der Waals surface area (Å²) in [4.78, 5) is 238. The first-order valence-corrected chi connectivity index (χ1v) is 49.5. The summed E-state index contributed by atoms with van der Waals surface area (Å²) >= 11 is 0. The van der Waals surface area contributed by atoms with E-state index in [9.17, 15) is 86.3 Å². The maximum absolute atomic E-state index is 14.3. The summed E-state index contributed by atoms with van der Waals surface area (Å²) in [5, 5.41) is 25.4. The standard InChI is InChI=1S/C34H55N5O8.C33H53N5O8.C31H49N5O8/c1-32(2,3)22(17-47-31(45)46-16-19-12-13-19)37-30(44)38-26(33(4,5)6)29(43)39-15-20-23(34(20,7)8)24(39)28(42)36-21(25(40)27(35)41)14-18-10-9-11-18;1-17(2)22(16-46-31(44)45-15-19-11-12-19)36-30(43)37-26(32(3,4)5)29(42)38-14-20-23(33(20,6)7)24(38)28(41)35-21(25(39)27(34)40)13-18-9-8-10-18;1-30(2,3)24(35-28(41)34-20(17-11-8-12-17)15-44-29(42)43-6)27(40)36-14-18-21(31(18,4)5)22(36)26(39)33-19(23(37)25(32)38)13-16-9-7-10-16/h18-24,26H,9-17H2,1-8H3,(H2,35,41)(H,36,42)(H2,37,38,44);17-24,26H,8-16H2,1-7H3,(H2,34,40)(H,35,41)(H2,36,37,43);16-22,24H,7-15H2,1-6H3,(H2,32,38)(H,33,39)(H2,34,35,41)/t2*20-,21?,22+,23-,24-,26+;18-,19?,20+,21-,22-,24+/m000/s1. The lowest BCUT2D eigenvalue weighted by molar-refractivity contribution is -0.145. The third kappa shape index (κ3) is 27.5. The number of ether oxygens (including phenoxy) is 6. The predicted octanol–water partition coefficient (Wildman–Crippen LogP) is 7.26. The third-order valence-corrected chi connectivity index (χ3v) is 31.5. The largest absolute Gasteiger partial charge is 0.508 e. The van der Waals surface area contributed by atoms with E-state index in [1.807, 2.05) is 125 Å². The van der Waals surface area contributed by atoms with Gasteiger partial charge in [0.2, 0.25) is 52.8 Å². The van der Waals surface area contributed by atoms with E-state index in [-0.39, 0.29) is 101 Å². The molecule has 39 nitrogen and oxygen atoms in total. The fourth-order valence-corrected chi connectivity index (χ4v) is 20.7. The summed E-state index contributed by atoms with van der Waals surface area (Å²) in [6.07, 6.45) is 14.1. The van der Waals surface area contributed by atoms with Crippen molar-refractivity contribution in [1.82, 2.24) is 62.6 Å². The monoisotopic (exact) mass is 1930 g/mol. The van der Waals surface area contributed by atoms with Crippen molar-refractivity contribution in [3.8, 4) is 0 Å². The van der Waals surface area contributed by atoms with Crippen molar-refractivity contribution >= 4 is 107 Å². The van der Waals surface area contributed by atoms with Gasteiger partial charge in [0.1, 0.15) is 56.1 Å². The maximum Gasteiger partial charge on any atom is 0.508 e. The minimum atomic E-state index is -1.10. The minimum Gasteiger partial charge on any atom is -0.438 e. The van der Waals surface area contributed by atoms with E-state index in [4.69, 9.17) is 40.9 Å². The number of likely N-dealkylation sites (tertiary alicyclic amines) is 3. The quantitative estimate of drug-likeness (QED) is 0.0164. The van der Waals surface area contributed by atoms with Gasteiger partial charge in [0, 0.05) is 19.6 Å². The number of nitrogens with two attached hydrogens (primary N) is 3. The van der Waals surface area contributed by atoms with Gasteiger partial charge in [0.05, 0.1) is 56.6 Å². The SMILES string of the molecule is CC(C)(C)[C@H](NC(=O)N[C@H](COC(=O)OCC1CC1)C(C)(C)C)C(=O)N1C[C@H]2[C@@H]([C@H]1C(=O)NC(CC1CCC1)C(=O)C(N)=O)C2(C)C.CC(C)[C@@H](COC(=O)OCC1CC1)NC(=O)N[C@H](C(=O)N1C[C@H]2[C@@H]([C@H]1C(=O)NC(CC1CCC1)C(=O)C(N)=O)C2(C)C)C(C)(C)C.COC(=O)OC[C@@H](NC(=O)N[C@H](C(=O)N1C[C@H]2[C@@H]([C@H]1C(=O)NC(CC1CCC1)C(=O)C(N)=O)C2(C)C)C(C)(C)C)C1CCC1. The fourth-order valence-electron chi connectivity index (χ4n) is 20.7. The van der Waals surface area contributed by atoms with Crippen LogP contribution < -0.4 is 65.1 Å². The highest BCUT2D eigenvalue weighted by Crippen LogP contribution is 2.67. The van der Waals surface area contributed by atoms with Gasteiger partial charge < -0.3 is 108 Å². The van der Waals surface area contributed by atoms with Crippen molar-refractivity contribution in [3.63, 3.8) is 0 Å². The maximum atomic E-state index is 14.3. The summed E-state index contributed by atoms with van der Waals surface area (Å²) in [6.45, 7) is 39.5. The summed E-state index contributed by atoms with van der Waals surface area (Å²) in [5.41, 5.74) is 12.7. The van der Waals surface area contributed by atoms with E-state index in [2.05, 4.69) is 66.4 Å². The Morgan fingerprint density at radius 3 is 0.912 bits per heavy atom. The minimum absolute atomic E-state index is 0.0578. The predicted molar refractivity (Wildman–Crippen MR) is 499 cm³/mol. The highest BCUT2D eigenvalue weighted by molar-refractivity contribution is 6.39. The number of nitrogens with one attached hydrogen (secondary N) is 9. The second kappa shape index (κ2) is 43.7. The second-order valence-electron chi connectivity index (χ2n) is 47.3. The molecule has 15 N–H and O–H groups in total. The molecule has 9 saturated carbocycles. The van der Waals surface area contributed by atoms with Gasteiger partial charge >= 0.3 is 36.6 Å². The van der Waals surface area contributed by atoms with Crippen molar-refractivity contribution in [2.45, 2.75) is 333 Å². The Balaban J connectivity index is 0.000000212. The molecule has 768 valence electrons. The molecular weight excluding hydrogens is 1770 g/mol. The number of methoxy groups -OCH3 is 1. The number of hydrogen-bond donors (Lipinski definition) is 12. The van der Waals surface area contributed by atoms with Gasteiger partial charge in [-0.2, -0.15) is 0 Å². The molecule has 18 atom stereocenters. The van der Waals surface area contributed by atoms with Crippen LogP contribution in [0.1, 0.15) is 260 Å². The molecule has 3 unspecified atom stereocenters. The van der Waals surface area contributed by atoms with Gasteiger partial charge in [-0.15, -0.1) is 0 Å². The van der Waals surface area contributed by atoms with Crippen molar-refractivity contribution < 1.29 is 115 Å². The molecule has 0 bridgehead atoms. The number of ketones is 3. The lowest BCUT2D eigenvalue weighted by atomic mass is 9.80. The molecule has 3 saturated heterocycles. The third-order valence-electron chi connectivity index (χ3n) is 31.5. The molecule has 0 aromatic heterocycles. The topological polar surface area (TPSA) is 559 Å². The molecule has 12 aliphatic rings. The van der Waals surface area contributed by atoms with Crippen molar-refractivity contribution in [3.05, 3.63) is 0 Å². The first-order valence-electron chi connectivity index (χ1n) is 49.5. The van der Waals surface area contributed by atoms with Gasteiger partial charge in [0.15, 0.2) is 0 Å². The van der Waals surface area contributed by atoms with Crippen LogP contribution in [-0.4, -0.2) is 254 Å². The smallest absolute Gasteiger partial charge is 0.438 e. The van der Waals surface area contributed by atoms with Crippen LogP contribution in [-0.2, 0) is 86.0 Å². The average Bonchev–Trinajstić information content (AvgIpc) is 1.53. The normalized spacial score (nSPS) is 25.5. The molecule has 0 aromatic rings. The van der Waals surface area contributed by atoms with E-state index in [1.165, 1.54) is 21.8 Å². The van der Waals surface area contributed by atoms with Gasteiger partial charge in [-0.1, -0.05) is 203 Å². The van der Waals surface area contributed by atoms with Crippen molar-refractivity contribution in [1.29, 1.82) is 0 Å². The molecule has 9 aliphatic carbocycles. The number of hydrogen-bond acceptors (Lipinski definition) is 24. The molecule has 3 heterocycles. The van der Waals surface area contributed by atoms with Gasteiger partial charge in [-0.25, -0.2) is 28.8 Å². The lowest BCUT2D eigenvalue weighted by Gasteiger charge is -2.39. The number of amides is 15. The van der Waals surface area contributed by atoms with Gasteiger partial charge in [0.25, 0.3) is 17.7 Å². The molecule has 12 rings (SSSR count). The van der Waals surface area contributed by atoms with E-state index in [1.54, 1.807) is 0 Å². The molecule has 15 amide bonds. The number of rotatable bonds is 39. The van der Waals surface area contributed by atoms with Crippen LogP contribution >= 0.6 is 0 Å². The molecule has 39 heteroatoms. The first-order chi connectivity index (χ1) is 63.7. The molecule has 0 spiro atoms. The Labute approximate surface area is 805 Å². The Kier molecular flexibility index (Phi) is 34.7. The Morgan fingerprint density at radius 1 is 0.350 bits per heavy atom. The fraction of sp³-hybridized carbons (Fsp3) is 0.816. The average molecular weight is 1930 g/mol. The van der Waals surface area contributed by atoms with Crippen molar-refractivity contribution in [2.24, 2.45) is 132 Å². The van der Waals surface area contributed by atoms with Crippen LogP contribution in [0.15, 0.2) is 0 Å². The Hall–Kier alpha value is -10.1. The lowest BCUT2D eigenvalue weighted by Crippen LogP contribution is -2.62. The highest BCUT2D eigenvalue weighted by atomic mass is 16.7. The van der Waals surface area contributed by atoms with E-state index in [0.717, 1.165) is 103 Å². The van der Waals surface area contributed by atoms with Crippen LogP contribution in [0, 0.1) is 115 Å². The van der Waals surface area contributed by atoms with Crippen LogP contribution in [0.2, 0.25) is 0 Å². The van der Waals surface area contributed by atoms with Crippen LogP contribution in [0.4, 0.5) is 28.8 Å². The summed E-state index contributed by atoms with van der Waals surface area (Å²) in [5.74, 6) is -7.23. The molecule has 0 radical (unpaired) electrons. The van der Waals surface area contributed by atoms with E-state index in [0.29, 0.717) is 63.9 Å². The number of nitrogens with zero attached hydrogens (tertiary/aromatic N) is 3. The number of urea groups is 3. The zero-order chi connectivity index (χ0) is 102. The Morgan fingerprint density at radius 2 is 0.650 bits per heavy atom. The van der Waals surface area contributed by atoms with Crippen LogP contribution in [0.5, 0.6) is 0 Å². The molecule has 0 aromatic carbocycles. The summed E-state index contributed by atoms with van der Waals surface area (Å²) < 4.78 is 30.5. The van der Waals surface area contributed by atoms with Crippen LogP contribution in [0.25, 0.3) is 0 Å².